The van der Waals surface area contributed by atoms with Gasteiger partial charge < -0.3 is 20.3 Å². The summed E-state index contributed by atoms with van der Waals surface area (Å²) >= 11 is 0. The molecular weight excluding hydrogens is 397 g/mol. The van der Waals surface area contributed by atoms with Gasteiger partial charge in [0.15, 0.2) is 0 Å². The third kappa shape index (κ3) is 2.90. The first-order valence-electron chi connectivity index (χ1n) is 10.3. The number of likely N-dealkylation sites (N-methyl/N-ethyl adjacent to an activating group) is 1. The molecule has 0 unspecified atom stereocenters. The predicted molar refractivity (Wildman–Crippen MR) is 114 cm³/mol. The van der Waals surface area contributed by atoms with Crippen molar-refractivity contribution in [2.24, 2.45) is 12.8 Å². The smallest absolute Gasteiger partial charge is 0.337 e. The van der Waals surface area contributed by atoms with Crippen molar-refractivity contribution < 1.29 is 14.3 Å². The highest BCUT2D eigenvalue weighted by atomic mass is 19.1. The van der Waals surface area contributed by atoms with Crippen LogP contribution >= 0.6 is 0 Å². The molecule has 0 atom stereocenters. The van der Waals surface area contributed by atoms with Gasteiger partial charge in [0.1, 0.15) is 0 Å². The predicted octanol–water partition coefficient (Wildman–Crippen LogP) is 2.23. The molecule has 31 heavy (non-hydrogen) atoms. The summed E-state index contributed by atoms with van der Waals surface area (Å²) in [5, 5.41) is 10.2. The fraction of sp³-hybridized carbons (Fsp3) is 0.348. The van der Waals surface area contributed by atoms with Crippen molar-refractivity contribution in [2.45, 2.75) is 18.3 Å². The van der Waals surface area contributed by atoms with Gasteiger partial charge in [-0.3, -0.25) is 4.98 Å². The maximum Gasteiger partial charge on any atom is 0.337 e. The van der Waals surface area contributed by atoms with Crippen LogP contribution in [0.25, 0.3) is 22.5 Å². The van der Waals surface area contributed by atoms with Gasteiger partial charge in [0.2, 0.25) is 5.95 Å². The van der Waals surface area contributed by atoms with Gasteiger partial charge in [0.25, 0.3) is 0 Å². The van der Waals surface area contributed by atoms with Crippen LogP contribution in [-0.4, -0.2) is 57.2 Å². The lowest BCUT2D eigenvalue weighted by molar-refractivity contribution is 0.0669. The monoisotopic (exact) mass is 421 g/mol. The van der Waals surface area contributed by atoms with Crippen LogP contribution < -0.4 is 5.73 Å². The second-order valence-corrected chi connectivity index (χ2v) is 8.67. The number of nitrogens with two attached hydrogens (primary N) is 1. The minimum absolute atomic E-state index is 0.370. The van der Waals surface area contributed by atoms with E-state index >= 15 is 0 Å². The Balaban J connectivity index is 1.72. The van der Waals surface area contributed by atoms with E-state index in [1.807, 2.05) is 30.9 Å². The maximum absolute atomic E-state index is 13.3. The Bertz CT molecular complexity index is 1200. The van der Waals surface area contributed by atoms with Crippen LogP contribution in [0.4, 0.5) is 4.39 Å². The van der Waals surface area contributed by atoms with Crippen molar-refractivity contribution in [3.8, 4) is 22.5 Å². The average molecular weight is 421 g/mol. The number of pyridine rings is 2. The van der Waals surface area contributed by atoms with Crippen molar-refractivity contribution in [1.82, 2.24) is 19.4 Å². The molecule has 3 N–H and O–H groups in total. The highest BCUT2D eigenvalue weighted by Crippen LogP contribution is 2.44. The highest BCUT2D eigenvalue weighted by Gasteiger charge is 2.47. The van der Waals surface area contributed by atoms with Crippen LogP contribution in [0.2, 0.25) is 0 Å². The molecule has 4 heterocycles. The zero-order chi connectivity index (χ0) is 21.9. The molecule has 1 aliphatic carbocycles. The summed E-state index contributed by atoms with van der Waals surface area (Å²) in [5.41, 5.74) is 12.2. The number of aromatic carboxylic acids is 1. The van der Waals surface area contributed by atoms with E-state index < -0.39 is 11.9 Å². The van der Waals surface area contributed by atoms with E-state index in [2.05, 4.69) is 14.9 Å². The second-order valence-electron chi connectivity index (χ2n) is 8.67. The third-order valence-corrected chi connectivity index (χ3v) is 6.66. The molecule has 3 aromatic rings. The Morgan fingerprint density at radius 3 is 2.61 bits per heavy atom. The Morgan fingerprint density at radius 2 is 2.00 bits per heavy atom. The highest BCUT2D eigenvalue weighted by molar-refractivity contribution is 5.95. The molecule has 5 rings (SSSR count). The molecule has 0 spiro atoms. The Morgan fingerprint density at radius 1 is 1.23 bits per heavy atom. The first-order valence-corrected chi connectivity index (χ1v) is 10.3. The van der Waals surface area contributed by atoms with Crippen LogP contribution in [0, 0.1) is 5.95 Å². The molecule has 7 nitrogen and oxygen atoms in total. The maximum atomic E-state index is 13.3. The number of hydrogen-bond acceptors (Lipinski definition) is 5. The van der Waals surface area contributed by atoms with Crippen molar-refractivity contribution in [2.75, 3.05) is 26.7 Å². The average Bonchev–Trinajstić information content (AvgIpc) is 3.05. The number of aryl methyl sites for hydroxylation is 1. The van der Waals surface area contributed by atoms with Gasteiger partial charge in [-0.1, -0.05) is 0 Å². The van der Waals surface area contributed by atoms with Gasteiger partial charge in [0.05, 0.1) is 17.0 Å². The lowest BCUT2D eigenvalue weighted by Crippen LogP contribution is -2.62. The normalized spacial score (nSPS) is 17.0. The van der Waals surface area contributed by atoms with Gasteiger partial charge in [-0.2, -0.15) is 4.39 Å². The fourth-order valence-electron chi connectivity index (χ4n) is 5.39. The number of carbonyl (C=O) groups is 1. The van der Waals surface area contributed by atoms with Gasteiger partial charge >= 0.3 is 5.97 Å². The number of rotatable bonds is 4. The summed E-state index contributed by atoms with van der Waals surface area (Å²) in [4.78, 5) is 22.8. The topological polar surface area (TPSA) is 97.3 Å². The summed E-state index contributed by atoms with van der Waals surface area (Å²) in [5.74, 6) is -1.45. The first kappa shape index (κ1) is 19.8. The molecule has 0 aromatic carbocycles. The summed E-state index contributed by atoms with van der Waals surface area (Å²) in [6.07, 6.45) is 4.66. The number of fused-ring (bicyclic) bond motifs is 3. The Labute approximate surface area is 179 Å². The molecule has 8 heteroatoms. The van der Waals surface area contributed by atoms with Crippen LogP contribution in [0.1, 0.15) is 27.2 Å². The minimum atomic E-state index is -0.908. The zero-order valence-electron chi connectivity index (χ0n) is 17.5. The third-order valence-electron chi connectivity index (χ3n) is 6.66. The Hall–Kier alpha value is -3.10. The van der Waals surface area contributed by atoms with Crippen molar-refractivity contribution in [1.29, 1.82) is 0 Å². The molecule has 0 amide bonds. The second kappa shape index (κ2) is 6.96. The quantitative estimate of drug-likeness (QED) is 0.627. The van der Waals surface area contributed by atoms with E-state index in [9.17, 15) is 14.3 Å². The van der Waals surface area contributed by atoms with Crippen LogP contribution in [0.3, 0.4) is 0 Å². The zero-order valence-corrected chi connectivity index (χ0v) is 17.5. The molecule has 160 valence electrons. The molecule has 0 saturated carbocycles. The molecule has 0 radical (unpaired) electrons. The number of likely N-dealkylation sites (tertiary alicyclic amines) is 1. The van der Waals surface area contributed by atoms with Gasteiger partial charge in [0, 0.05) is 61.3 Å². The van der Waals surface area contributed by atoms with E-state index in [4.69, 9.17) is 5.73 Å². The number of aromatic nitrogens is 3. The lowest BCUT2D eigenvalue weighted by Gasteiger charge is -2.48. The molecular formula is C23H24FN5O2. The molecule has 1 saturated heterocycles. The summed E-state index contributed by atoms with van der Waals surface area (Å²) in [6, 6.07) is 4.91. The summed E-state index contributed by atoms with van der Waals surface area (Å²) in [6.45, 7) is 1.86. The molecule has 1 fully saturated rings. The van der Waals surface area contributed by atoms with E-state index in [0.717, 1.165) is 47.6 Å². The van der Waals surface area contributed by atoms with E-state index in [1.54, 1.807) is 6.07 Å². The van der Waals surface area contributed by atoms with E-state index in [0.29, 0.717) is 29.8 Å². The molecule has 2 aliphatic rings. The van der Waals surface area contributed by atoms with Crippen molar-refractivity contribution in [3.05, 3.63) is 58.9 Å². The number of hydrogen-bond donors (Lipinski definition) is 2. The van der Waals surface area contributed by atoms with Gasteiger partial charge in [-0.05, 0) is 49.2 Å². The molecule has 1 aliphatic heterocycles. The minimum Gasteiger partial charge on any atom is -0.478 e. The van der Waals surface area contributed by atoms with E-state index in [1.165, 1.54) is 12.3 Å². The number of carboxylic acid groups (broad SMARTS) is 1. The van der Waals surface area contributed by atoms with Gasteiger partial charge in [-0.25, -0.2) is 9.78 Å². The van der Waals surface area contributed by atoms with Crippen LogP contribution in [0.5, 0.6) is 0 Å². The molecule has 3 aromatic heterocycles. The number of nitrogens with zero attached hydrogens (tertiary/aromatic N) is 4. The number of carboxylic acids is 1. The SMILES string of the molecule is CN1CC(CN)(c2c(C(=O)O)c3c(n2C)-c2cc(-c4ccc(F)nc4)ncc2CC3)C1. The lowest BCUT2D eigenvalue weighted by atomic mass is 9.75. The summed E-state index contributed by atoms with van der Waals surface area (Å²) < 4.78 is 15.3. The first-order chi connectivity index (χ1) is 14.8. The van der Waals surface area contributed by atoms with Gasteiger partial charge in [-0.15, -0.1) is 0 Å². The van der Waals surface area contributed by atoms with Crippen LogP contribution in [-0.2, 0) is 25.3 Å². The largest absolute Gasteiger partial charge is 0.478 e. The molecule has 0 bridgehead atoms. The van der Waals surface area contributed by atoms with Crippen LogP contribution in [0.15, 0.2) is 30.6 Å². The van der Waals surface area contributed by atoms with Crippen molar-refractivity contribution in [3.63, 3.8) is 0 Å². The Kier molecular flexibility index (Phi) is 4.46. The van der Waals surface area contributed by atoms with Crippen molar-refractivity contribution >= 4 is 5.97 Å². The van der Waals surface area contributed by atoms with E-state index in [-0.39, 0.29) is 5.41 Å². The summed E-state index contributed by atoms with van der Waals surface area (Å²) in [7, 11) is 3.95. The number of halogens is 1. The standard InChI is InChI=1S/C23H24FN5O2/c1-28-11-23(10-25,12-28)21-19(22(30)31)15-5-3-13-8-26-17(7-16(13)20(15)29(21)2)14-4-6-18(24)27-9-14/h4,6-9H,3,5,10-12,25H2,1-2H3,(H,30,31). The fourth-order valence-corrected chi connectivity index (χ4v) is 5.39.